The highest BCUT2D eigenvalue weighted by Gasteiger charge is 2.34. The molecule has 1 saturated heterocycles. The normalized spacial score (nSPS) is 16.5. The van der Waals surface area contributed by atoms with Crippen LogP contribution < -0.4 is 0 Å². The van der Waals surface area contributed by atoms with Gasteiger partial charge in [-0.15, -0.1) is 5.10 Å². The van der Waals surface area contributed by atoms with Gasteiger partial charge in [-0.25, -0.2) is 0 Å². The first-order valence-electron chi connectivity index (χ1n) is 9.34. The lowest BCUT2D eigenvalue weighted by atomic mass is 10.2. The van der Waals surface area contributed by atoms with Gasteiger partial charge in [-0.05, 0) is 53.2 Å². The number of nitro benzene ring substituents is 1. The number of hydrogen-bond donors (Lipinski definition) is 0. The van der Waals surface area contributed by atoms with Crippen LogP contribution in [0.3, 0.4) is 0 Å². The van der Waals surface area contributed by atoms with Gasteiger partial charge in [-0.3, -0.25) is 19.8 Å². The highest BCUT2D eigenvalue weighted by Crippen LogP contribution is 2.34. The molecule has 0 saturated carbocycles. The second kappa shape index (κ2) is 9.75. The number of amides is 1. The largest absolute Gasteiger partial charge is 0.467 e. The predicted octanol–water partition coefficient (Wildman–Crippen LogP) is 5.46. The Balaban J connectivity index is 1.63. The van der Waals surface area contributed by atoms with Crippen LogP contribution in [0.5, 0.6) is 0 Å². The molecule has 3 aromatic rings. The topological polar surface area (TPSA) is 101 Å². The molecule has 1 amide bonds. The lowest BCUT2D eigenvalue weighted by molar-refractivity contribution is -0.384. The van der Waals surface area contributed by atoms with E-state index in [9.17, 15) is 14.9 Å². The van der Waals surface area contributed by atoms with E-state index in [1.807, 2.05) is 24.3 Å². The van der Waals surface area contributed by atoms with Crippen molar-refractivity contribution in [1.29, 1.82) is 0 Å². The van der Waals surface area contributed by atoms with Crippen molar-refractivity contribution in [3.05, 3.63) is 103 Å². The molecule has 4 rings (SSSR count). The van der Waals surface area contributed by atoms with Gasteiger partial charge in [0.05, 0.1) is 28.9 Å². The van der Waals surface area contributed by atoms with Crippen molar-refractivity contribution in [2.45, 2.75) is 6.54 Å². The SMILES string of the molecule is O=C1/C(=C/c2cccc([N+](=O)[O-])c2)S/C(=N\N=C\c2cccc(Br)c2)N1Cc1ccco1. The van der Waals surface area contributed by atoms with Crippen LogP contribution in [0, 0.1) is 10.1 Å². The summed E-state index contributed by atoms with van der Waals surface area (Å²) in [6.07, 6.45) is 4.73. The molecule has 0 bridgehead atoms. The van der Waals surface area contributed by atoms with Gasteiger partial charge in [-0.1, -0.05) is 40.2 Å². The molecule has 0 aliphatic carbocycles. The van der Waals surface area contributed by atoms with Crippen molar-refractivity contribution in [3.8, 4) is 0 Å². The van der Waals surface area contributed by atoms with E-state index < -0.39 is 4.92 Å². The number of halogens is 1. The molecule has 0 radical (unpaired) electrons. The van der Waals surface area contributed by atoms with E-state index in [0.717, 1.165) is 21.8 Å². The summed E-state index contributed by atoms with van der Waals surface area (Å²) in [4.78, 5) is 25.5. The lowest BCUT2D eigenvalue weighted by Gasteiger charge is -2.12. The van der Waals surface area contributed by atoms with Crippen LogP contribution in [-0.2, 0) is 11.3 Å². The van der Waals surface area contributed by atoms with Crippen molar-refractivity contribution in [2.75, 3.05) is 0 Å². The second-order valence-corrected chi connectivity index (χ2v) is 8.54. The fraction of sp³-hybridized carbons (Fsp3) is 0.0455. The van der Waals surface area contributed by atoms with E-state index in [2.05, 4.69) is 26.1 Å². The van der Waals surface area contributed by atoms with E-state index in [0.29, 0.717) is 21.4 Å². The molecule has 2 heterocycles. The quantitative estimate of drug-likeness (QED) is 0.189. The average Bonchev–Trinajstić information content (AvgIpc) is 3.38. The first kappa shape index (κ1) is 21.7. The van der Waals surface area contributed by atoms with Crippen LogP contribution in [-0.4, -0.2) is 27.1 Å². The summed E-state index contributed by atoms with van der Waals surface area (Å²) < 4.78 is 6.30. The molecule has 32 heavy (non-hydrogen) atoms. The number of non-ortho nitro benzene ring substituents is 1. The minimum atomic E-state index is -0.474. The molecule has 0 N–H and O–H groups in total. The van der Waals surface area contributed by atoms with Crippen molar-refractivity contribution < 1.29 is 14.1 Å². The molecule has 1 aliphatic rings. The highest BCUT2D eigenvalue weighted by atomic mass is 79.9. The van der Waals surface area contributed by atoms with Gasteiger partial charge in [0.2, 0.25) is 0 Å². The third kappa shape index (κ3) is 5.21. The van der Waals surface area contributed by atoms with Crippen LogP contribution in [0.2, 0.25) is 0 Å². The molecule has 0 spiro atoms. The van der Waals surface area contributed by atoms with Crippen LogP contribution in [0.15, 0.2) is 90.9 Å². The maximum Gasteiger partial charge on any atom is 0.270 e. The van der Waals surface area contributed by atoms with Crippen LogP contribution in [0.1, 0.15) is 16.9 Å². The molecular formula is C22H15BrN4O4S. The zero-order chi connectivity index (χ0) is 22.5. The summed E-state index contributed by atoms with van der Waals surface area (Å²) in [5, 5.41) is 19.8. The number of carbonyl (C=O) groups excluding carboxylic acids is 1. The molecule has 1 aliphatic heterocycles. The van der Waals surface area contributed by atoms with Gasteiger partial charge >= 0.3 is 0 Å². The number of amidine groups is 1. The predicted molar refractivity (Wildman–Crippen MR) is 127 cm³/mol. The first-order valence-corrected chi connectivity index (χ1v) is 11.0. The van der Waals surface area contributed by atoms with E-state index in [-0.39, 0.29) is 18.1 Å². The number of thioether (sulfide) groups is 1. The minimum absolute atomic E-state index is 0.0465. The summed E-state index contributed by atoms with van der Waals surface area (Å²) >= 11 is 4.56. The molecule has 10 heteroatoms. The van der Waals surface area contributed by atoms with Crippen molar-refractivity contribution in [2.24, 2.45) is 10.2 Å². The number of rotatable bonds is 6. The molecule has 8 nitrogen and oxygen atoms in total. The Hall–Kier alpha value is -3.50. The maximum atomic E-state index is 13.1. The molecule has 0 unspecified atom stereocenters. The summed E-state index contributed by atoms with van der Waals surface area (Å²) in [6.45, 7) is 0.191. The van der Waals surface area contributed by atoms with Gasteiger partial charge in [0.1, 0.15) is 5.76 Å². The molecule has 1 aromatic heterocycles. The summed E-state index contributed by atoms with van der Waals surface area (Å²) in [7, 11) is 0. The average molecular weight is 511 g/mol. The standard InChI is InChI=1S/C22H15BrN4O4S/c23-17-6-1-5-16(10-17)13-24-25-22-26(14-19-8-3-9-31-19)21(28)20(32-22)12-15-4-2-7-18(11-15)27(29)30/h1-13H,14H2/b20-12-,24-13+,25-22-. The molecule has 160 valence electrons. The Kier molecular flexibility index (Phi) is 6.62. The Labute approximate surface area is 195 Å². The smallest absolute Gasteiger partial charge is 0.270 e. The number of carbonyl (C=O) groups is 1. The van der Waals surface area contributed by atoms with Gasteiger partial charge in [-0.2, -0.15) is 5.10 Å². The summed E-state index contributed by atoms with van der Waals surface area (Å²) in [5.74, 6) is 0.313. The van der Waals surface area contributed by atoms with Crippen LogP contribution in [0.25, 0.3) is 6.08 Å². The minimum Gasteiger partial charge on any atom is -0.467 e. The number of furan rings is 1. The van der Waals surface area contributed by atoms with E-state index >= 15 is 0 Å². The monoisotopic (exact) mass is 510 g/mol. The second-order valence-electron chi connectivity index (χ2n) is 6.62. The van der Waals surface area contributed by atoms with E-state index in [1.165, 1.54) is 23.3 Å². The zero-order valence-corrected chi connectivity index (χ0v) is 18.8. The van der Waals surface area contributed by atoms with Gasteiger partial charge in [0.25, 0.3) is 11.6 Å². The van der Waals surface area contributed by atoms with Crippen LogP contribution >= 0.6 is 27.7 Å². The Morgan fingerprint density at radius 1 is 1.12 bits per heavy atom. The van der Waals surface area contributed by atoms with Crippen molar-refractivity contribution >= 4 is 56.7 Å². The molecule has 2 aromatic carbocycles. The highest BCUT2D eigenvalue weighted by molar-refractivity contribution is 9.10. The van der Waals surface area contributed by atoms with Crippen LogP contribution in [0.4, 0.5) is 5.69 Å². The van der Waals surface area contributed by atoms with Gasteiger partial charge < -0.3 is 4.42 Å². The van der Waals surface area contributed by atoms with Crippen molar-refractivity contribution in [1.82, 2.24) is 4.90 Å². The fourth-order valence-electron chi connectivity index (χ4n) is 2.89. The van der Waals surface area contributed by atoms with Gasteiger partial charge in [0, 0.05) is 16.6 Å². The maximum absolute atomic E-state index is 13.1. The third-order valence-corrected chi connectivity index (χ3v) is 5.85. The number of benzene rings is 2. The van der Waals surface area contributed by atoms with Crippen molar-refractivity contribution in [3.63, 3.8) is 0 Å². The summed E-state index contributed by atoms with van der Waals surface area (Å²) in [5.41, 5.74) is 1.35. The Morgan fingerprint density at radius 3 is 2.69 bits per heavy atom. The Bertz CT molecular complexity index is 1250. The Morgan fingerprint density at radius 2 is 1.94 bits per heavy atom. The molecule has 1 fully saturated rings. The molecular weight excluding hydrogens is 496 g/mol. The van der Waals surface area contributed by atoms with E-state index in [4.69, 9.17) is 4.42 Å². The fourth-order valence-corrected chi connectivity index (χ4v) is 4.24. The number of nitro groups is 1. The first-order chi connectivity index (χ1) is 15.5. The third-order valence-electron chi connectivity index (χ3n) is 4.36. The molecule has 0 atom stereocenters. The lowest BCUT2D eigenvalue weighted by Crippen LogP contribution is -2.28. The van der Waals surface area contributed by atoms with E-state index in [1.54, 1.807) is 36.6 Å². The number of hydrogen-bond acceptors (Lipinski definition) is 7. The van der Waals surface area contributed by atoms with Gasteiger partial charge in [0.15, 0.2) is 5.17 Å². The zero-order valence-electron chi connectivity index (χ0n) is 16.4. The summed E-state index contributed by atoms with van der Waals surface area (Å²) in [6, 6.07) is 17.2. The number of nitrogens with zero attached hydrogens (tertiary/aromatic N) is 4.